The first-order valence-corrected chi connectivity index (χ1v) is 5.34. The molecule has 0 aliphatic rings. The predicted octanol–water partition coefficient (Wildman–Crippen LogP) is 4.24. The quantitative estimate of drug-likeness (QED) is 0.729. The van der Waals surface area contributed by atoms with Crippen LogP contribution >= 0.6 is 34.8 Å². The Kier molecular flexibility index (Phi) is 3.28. The highest BCUT2D eigenvalue weighted by Crippen LogP contribution is 2.32. The third kappa shape index (κ3) is 2.12. The minimum Gasteiger partial charge on any atom is -0.262 e. The first kappa shape index (κ1) is 11.6. The molecule has 0 radical (unpaired) electrons. The molecule has 2 aromatic heterocycles. The topological polar surface area (TPSA) is 25.8 Å². The molecule has 2 aromatic rings. The monoisotopic (exact) mass is 276 g/mol. The van der Waals surface area contributed by atoms with E-state index in [2.05, 4.69) is 9.97 Å². The van der Waals surface area contributed by atoms with Crippen molar-refractivity contribution >= 4 is 34.8 Å². The normalized spacial score (nSPS) is 10.5. The van der Waals surface area contributed by atoms with E-state index in [0.29, 0.717) is 0 Å². The molecule has 2 nitrogen and oxygen atoms in total. The number of hydrogen-bond acceptors (Lipinski definition) is 2. The third-order valence-electron chi connectivity index (χ3n) is 1.91. The summed E-state index contributed by atoms with van der Waals surface area (Å²) < 4.78 is 13.5. The van der Waals surface area contributed by atoms with Gasteiger partial charge < -0.3 is 0 Å². The van der Waals surface area contributed by atoms with E-state index < -0.39 is 5.82 Å². The molecule has 0 fully saturated rings. The molecule has 6 heteroatoms. The Morgan fingerprint density at radius 2 is 1.88 bits per heavy atom. The fourth-order valence-electron chi connectivity index (χ4n) is 1.20. The van der Waals surface area contributed by atoms with Crippen LogP contribution in [0.5, 0.6) is 0 Å². The Morgan fingerprint density at radius 1 is 1.12 bits per heavy atom. The molecule has 2 rings (SSSR count). The van der Waals surface area contributed by atoms with Crippen LogP contribution in [-0.2, 0) is 0 Å². The Balaban J connectivity index is 2.65. The average molecular weight is 278 g/mol. The van der Waals surface area contributed by atoms with Gasteiger partial charge in [0.1, 0.15) is 5.15 Å². The zero-order valence-electron chi connectivity index (χ0n) is 7.72. The fourth-order valence-corrected chi connectivity index (χ4v) is 1.80. The van der Waals surface area contributed by atoms with Gasteiger partial charge in [-0.15, -0.1) is 0 Å². The van der Waals surface area contributed by atoms with Crippen LogP contribution < -0.4 is 0 Å². The van der Waals surface area contributed by atoms with Crippen LogP contribution in [0.3, 0.4) is 0 Å². The molecule has 0 saturated carbocycles. The molecule has 0 spiro atoms. The van der Waals surface area contributed by atoms with Crippen molar-refractivity contribution in [3.8, 4) is 11.3 Å². The van der Waals surface area contributed by atoms with Crippen LogP contribution in [0.1, 0.15) is 0 Å². The van der Waals surface area contributed by atoms with Gasteiger partial charge in [-0.25, -0.2) is 9.37 Å². The van der Waals surface area contributed by atoms with Crippen molar-refractivity contribution in [1.82, 2.24) is 9.97 Å². The van der Waals surface area contributed by atoms with Gasteiger partial charge in [-0.2, -0.15) is 0 Å². The fraction of sp³-hybridized carbons (Fsp3) is 0. The number of aromatic nitrogens is 2. The van der Waals surface area contributed by atoms with Crippen molar-refractivity contribution in [3.63, 3.8) is 0 Å². The summed E-state index contributed by atoms with van der Waals surface area (Å²) in [6.07, 6.45) is 2.52. The second-order valence-corrected chi connectivity index (χ2v) is 4.12. The van der Waals surface area contributed by atoms with Crippen molar-refractivity contribution in [1.29, 1.82) is 0 Å². The lowest BCUT2D eigenvalue weighted by atomic mass is 10.2. The lowest BCUT2D eigenvalue weighted by molar-refractivity contribution is 0.624. The highest BCUT2D eigenvalue weighted by molar-refractivity contribution is 6.42. The van der Waals surface area contributed by atoms with Gasteiger partial charge in [-0.1, -0.05) is 34.8 Å². The predicted molar refractivity (Wildman–Crippen MR) is 62.5 cm³/mol. The van der Waals surface area contributed by atoms with Crippen molar-refractivity contribution in [2.24, 2.45) is 0 Å². The van der Waals surface area contributed by atoms with E-state index in [1.54, 1.807) is 0 Å². The van der Waals surface area contributed by atoms with Gasteiger partial charge in [-0.05, 0) is 12.1 Å². The van der Waals surface area contributed by atoms with E-state index >= 15 is 0 Å². The summed E-state index contributed by atoms with van der Waals surface area (Å²) in [6.45, 7) is 0. The van der Waals surface area contributed by atoms with Crippen molar-refractivity contribution in [2.75, 3.05) is 0 Å². The molecular formula is C10H4Cl3FN2. The van der Waals surface area contributed by atoms with Crippen molar-refractivity contribution < 1.29 is 4.39 Å². The van der Waals surface area contributed by atoms with E-state index in [1.165, 1.54) is 18.3 Å². The highest BCUT2D eigenvalue weighted by atomic mass is 35.5. The number of rotatable bonds is 1. The molecule has 0 aliphatic heterocycles. The Labute approximate surface area is 106 Å². The highest BCUT2D eigenvalue weighted by Gasteiger charge is 2.13. The Morgan fingerprint density at radius 3 is 2.56 bits per heavy atom. The van der Waals surface area contributed by atoms with E-state index in [9.17, 15) is 4.39 Å². The maximum Gasteiger partial charge on any atom is 0.150 e. The summed E-state index contributed by atoms with van der Waals surface area (Å²) in [4.78, 5) is 7.57. The summed E-state index contributed by atoms with van der Waals surface area (Å²) in [5, 5.41) is 0.543. The first-order chi connectivity index (χ1) is 7.59. The van der Waals surface area contributed by atoms with E-state index in [0.717, 1.165) is 6.20 Å². The first-order valence-electron chi connectivity index (χ1n) is 4.21. The Hall–Kier alpha value is -0.900. The summed E-state index contributed by atoms with van der Waals surface area (Å²) in [7, 11) is 0. The molecule has 2 heterocycles. The van der Waals surface area contributed by atoms with Crippen molar-refractivity contribution in [3.05, 3.63) is 45.5 Å². The van der Waals surface area contributed by atoms with E-state index in [4.69, 9.17) is 34.8 Å². The second-order valence-electron chi connectivity index (χ2n) is 2.95. The van der Waals surface area contributed by atoms with Crippen LogP contribution in [0.4, 0.5) is 4.39 Å². The van der Waals surface area contributed by atoms with Gasteiger partial charge in [0.15, 0.2) is 5.82 Å². The average Bonchev–Trinajstić information content (AvgIpc) is 2.25. The molecule has 0 atom stereocenters. The third-order valence-corrected chi connectivity index (χ3v) is 2.88. The summed E-state index contributed by atoms with van der Waals surface area (Å²) in [5.74, 6) is -0.518. The summed E-state index contributed by atoms with van der Waals surface area (Å²) >= 11 is 17.4. The van der Waals surface area contributed by atoms with Crippen LogP contribution in [0, 0.1) is 5.82 Å². The minimum atomic E-state index is -0.518. The van der Waals surface area contributed by atoms with Crippen LogP contribution in [0.2, 0.25) is 15.2 Å². The van der Waals surface area contributed by atoms with Crippen LogP contribution in [0.25, 0.3) is 11.3 Å². The second kappa shape index (κ2) is 4.53. The zero-order valence-corrected chi connectivity index (χ0v) is 9.98. The van der Waals surface area contributed by atoms with Gasteiger partial charge in [0.25, 0.3) is 0 Å². The van der Waals surface area contributed by atoms with Gasteiger partial charge >= 0.3 is 0 Å². The minimum absolute atomic E-state index is 0.0808. The van der Waals surface area contributed by atoms with E-state index in [1.807, 2.05) is 0 Å². The molecule has 82 valence electrons. The van der Waals surface area contributed by atoms with Gasteiger partial charge in [0.05, 0.1) is 21.9 Å². The Bertz CT molecular complexity index is 546. The molecule has 16 heavy (non-hydrogen) atoms. The summed E-state index contributed by atoms with van der Waals surface area (Å²) in [6, 6.07) is 2.89. The largest absolute Gasteiger partial charge is 0.262 e. The SMILES string of the molecule is Fc1cnccc1-c1nc(Cl)c(Cl)cc1Cl. The molecular weight excluding hydrogens is 273 g/mol. The standard InChI is InChI=1S/C10H4Cl3FN2/c11-6-3-7(12)10(13)16-9(6)5-1-2-15-4-8(5)14/h1-4H. The van der Waals surface area contributed by atoms with Gasteiger partial charge in [0, 0.05) is 11.8 Å². The van der Waals surface area contributed by atoms with Gasteiger partial charge in [0.2, 0.25) is 0 Å². The molecule has 0 bridgehead atoms. The maximum absolute atomic E-state index is 13.5. The van der Waals surface area contributed by atoms with E-state index in [-0.39, 0.29) is 26.5 Å². The van der Waals surface area contributed by atoms with Crippen LogP contribution in [0.15, 0.2) is 24.5 Å². The zero-order chi connectivity index (χ0) is 11.7. The van der Waals surface area contributed by atoms with Crippen molar-refractivity contribution in [2.45, 2.75) is 0 Å². The number of hydrogen-bond donors (Lipinski definition) is 0. The number of pyridine rings is 2. The molecule has 0 aliphatic carbocycles. The number of halogens is 4. The maximum atomic E-state index is 13.5. The summed E-state index contributed by atoms with van der Waals surface area (Å²) in [5.41, 5.74) is 0.481. The lowest BCUT2D eigenvalue weighted by Crippen LogP contribution is -1.91. The van der Waals surface area contributed by atoms with Gasteiger partial charge in [-0.3, -0.25) is 4.98 Å². The number of nitrogens with zero attached hydrogens (tertiary/aromatic N) is 2. The smallest absolute Gasteiger partial charge is 0.150 e. The molecule has 0 N–H and O–H groups in total. The molecule has 0 saturated heterocycles. The lowest BCUT2D eigenvalue weighted by Gasteiger charge is -2.05. The van der Waals surface area contributed by atoms with Crippen LogP contribution in [-0.4, -0.2) is 9.97 Å². The molecule has 0 aromatic carbocycles. The molecule has 0 unspecified atom stereocenters. The molecule has 0 amide bonds.